The molecule has 4 aromatic rings. The number of unbranched alkanes of at least 4 members (excludes halogenated alkanes) is 4. The van der Waals surface area contributed by atoms with Crippen molar-refractivity contribution in [2.45, 2.75) is 92.2 Å². The predicted octanol–water partition coefficient (Wildman–Crippen LogP) is 2.27. The van der Waals surface area contributed by atoms with Gasteiger partial charge >= 0.3 is 40.5 Å². The van der Waals surface area contributed by atoms with Crippen LogP contribution < -0.4 is 52.9 Å². The van der Waals surface area contributed by atoms with Gasteiger partial charge in [0.25, 0.3) is 0 Å². The van der Waals surface area contributed by atoms with Crippen LogP contribution in [0.5, 0.6) is 0 Å². The van der Waals surface area contributed by atoms with Crippen LogP contribution in [0.1, 0.15) is 79.1 Å². The molecule has 0 aliphatic carbocycles. The van der Waals surface area contributed by atoms with Crippen LogP contribution in [0.15, 0.2) is 98.6 Å². The normalized spacial score (nSPS) is 12.5. The Morgan fingerprint density at radius 1 is 0.600 bits per heavy atom. The van der Waals surface area contributed by atoms with Gasteiger partial charge in [-0.15, -0.1) is 13.3 Å². The molecule has 0 atom stereocenters. The molecule has 0 radical (unpaired) electrons. The molecule has 2 aliphatic rings. The molecule has 310 valence electrons. The molecule has 6 rings (SSSR count). The summed E-state index contributed by atoms with van der Waals surface area (Å²) in [7, 11) is 0. The zero-order valence-electron chi connectivity index (χ0n) is 32.7. The quantitative estimate of drug-likeness (QED) is 0.0974. The van der Waals surface area contributed by atoms with Gasteiger partial charge in [0.1, 0.15) is 36.4 Å². The van der Waals surface area contributed by atoms with Crippen LogP contribution in [0, 0.1) is 20.8 Å². The molecule has 55 heavy (non-hydrogen) atoms. The monoisotopic (exact) mass is 1100 g/mol. The van der Waals surface area contributed by atoms with E-state index in [2.05, 4.69) is 181 Å². The number of anilines is 2. The van der Waals surface area contributed by atoms with Crippen molar-refractivity contribution >= 4 is 38.9 Å². The van der Waals surface area contributed by atoms with E-state index in [4.69, 9.17) is 9.97 Å². The summed E-state index contributed by atoms with van der Waals surface area (Å²) in [5.41, 5.74) is 0. The van der Waals surface area contributed by atoms with Crippen molar-refractivity contribution in [3.8, 4) is 11.6 Å². The zero-order valence-corrected chi connectivity index (χ0v) is 40.8. The molecular formula is C39H59Br4N10ORu-3. The summed E-state index contributed by atoms with van der Waals surface area (Å²) in [6.07, 6.45) is 30.5. The second kappa shape index (κ2) is 30.0. The van der Waals surface area contributed by atoms with Gasteiger partial charge in [-0.2, -0.15) is 14.1 Å². The Bertz CT molecular complexity index is 1530. The Morgan fingerprint density at radius 3 is 1.35 bits per heavy atom. The number of nitrogens with zero attached hydrogens (tertiary/aromatic N) is 10. The molecule has 0 aromatic carbocycles. The van der Waals surface area contributed by atoms with E-state index in [9.17, 15) is 0 Å². The number of aryl methyl sites for hydroxylation is 2. The Morgan fingerprint density at radius 2 is 0.964 bits per heavy atom. The number of hydrogen-bond donors (Lipinski definition) is 0. The fraction of sp³-hybridized carbons (Fsp3) is 0.410. The smallest absolute Gasteiger partial charge is 0.358 e. The van der Waals surface area contributed by atoms with E-state index < -0.39 is 0 Å². The van der Waals surface area contributed by atoms with E-state index in [0.717, 1.165) is 49.5 Å². The number of rotatable bonds is 16. The molecule has 6 heterocycles. The van der Waals surface area contributed by atoms with Crippen molar-refractivity contribution in [1.82, 2.24) is 28.9 Å². The minimum Gasteiger partial charge on any atom is -0.358 e. The first-order chi connectivity index (χ1) is 25.0. The number of aromatic nitrogens is 6. The molecule has 0 saturated carbocycles. The third kappa shape index (κ3) is 17.5. The Kier molecular flexibility index (Phi) is 28.9. The number of halogens is 4. The molecule has 0 saturated heterocycles. The van der Waals surface area contributed by atoms with Gasteiger partial charge in [-0.1, -0.05) is 65.5 Å². The molecule has 0 fully saturated rings. The first kappa shape index (κ1) is 52.9. The summed E-state index contributed by atoms with van der Waals surface area (Å²) in [4.78, 5) is 18.2. The predicted molar refractivity (Wildman–Crippen MR) is 220 cm³/mol. The fourth-order valence-corrected chi connectivity index (χ4v) is 5.41. The standard InChI is InChI=1S/2C19H27N5.CH3.4BrH.H2O.Ru/c2*1-3-5-10-21-12-14-23(16-21)18-8-7-9-19(20-18)24-15-13-22(17-24)11-6-4-2;;;;;;;/h2*7-9,12-17H,3-6,10-11H2,1-2H3;1H3;4*1H;1H2;/q-2;+2;-1;;;;;;+2/p-4. The molecule has 11 nitrogen and oxygen atoms in total. The van der Waals surface area contributed by atoms with Crippen LogP contribution in [0.4, 0.5) is 11.6 Å². The topological polar surface area (TPSA) is 87.9 Å². The maximum atomic E-state index is 4.80. The van der Waals surface area contributed by atoms with Crippen molar-refractivity contribution in [1.29, 1.82) is 0 Å². The van der Waals surface area contributed by atoms with Gasteiger partial charge < -0.3 is 66.5 Å². The van der Waals surface area contributed by atoms with Gasteiger partial charge in [0.2, 0.25) is 24.3 Å². The molecule has 0 bridgehead atoms. The summed E-state index contributed by atoms with van der Waals surface area (Å²) >= 11 is 6.64. The summed E-state index contributed by atoms with van der Waals surface area (Å²) in [5.74, 6) is 3.77. The largest absolute Gasteiger partial charge is 0.358 e. The minimum atomic E-state index is 0. The Hall–Kier alpha value is -2.10. The summed E-state index contributed by atoms with van der Waals surface area (Å²) in [6.45, 7) is 17.3. The Labute approximate surface area is 372 Å². The van der Waals surface area contributed by atoms with Gasteiger partial charge in [0.15, 0.2) is 0 Å². The molecule has 0 amide bonds. The molecule has 2 N–H and O–H groups in total. The summed E-state index contributed by atoms with van der Waals surface area (Å²) in [6, 6.07) is 12.3. The third-order valence-electron chi connectivity index (χ3n) is 8.34. The summed E-state index contributed by atoms with van der Waals surface area (Å²) < 4.78 is 8.58. The molecule has 4 aromatic heterocycles. The van der Waals surface area contributed by atoms with Crippen molar-refractivity contribution in [2.75, 3.05) is 22.9 Å². The second-order valence-electron chi connectivity index (χ2n) is 12.4. The molecule has 0 unspecified atom stereocenters. The van der Waals surface area contributed by atoms with Crippen molar-refractivity contribution < 1.29 is 61.8 Å². The third-order valence-corrected chi connectivity index (χ3v) is 8.34. The van der Waals surface area contributed by atoms with Crippen LogP contribution in [-0.4, -0.2) is 47.5 Å². The number of imidazole rings is 2. The first-order valence-corrected chi connectivity index (χ1v) is 26.1. The van der Waals surface area contributed by atoms with E-state index in [0.29, 0.717) is 13.2 Å². The van der Waals surface area contributed by atoms with E-state index >= 15 is 0 Å². The SMILES string of the molecule is CCCCN1C=CN(c2cccc(N3C=CN(CCCC)[CH-]3)n2)[CH-]1.CCCC[n+]1ccn(-c2cccc(-n3cc[n+](CCCC)c3)n2)c1.O.[Br-].[Br-].[Br][Ru][Br].[CH3-]. The van der Waals surface area contributed by atoms with E-state index in [1.54, 1.807) is 0 Å². The zero-order chi connectivity index (χ0) is 36.3. The van der Waals surface area contributed by atoms with Gasteiger partial charge in [-0.05, 0) is 75.7 Å². The van der Waals surface area contributed by atoms with E-state index in [-0.39, 0.29) is 46.9 Å². The van der Waals surface area contributed by atoms with Gasteiger partial charge in [0, 0.05) is 12.1 Å². The van der Waals surface area contributed by atoms with Crippen molar-refractivity contribution in [3.63, 3.8) is 0 Å². The Balaban J connectivity index is 0.000000927. The van der Waals surface area contributed by atoms with Crippen LogP contribution in [0.25, 0.3) is 11.6 Å². The average molecular weight is 1100 g/mol. The molecular weight excluding hydrogens is 1050 g/mol. The van der Waals surface area contributed by atoms with Crippen LogP contribution in [0.3, 0.4) is 0 Å². The maximum Gasteiger partial charge on any atom is -0.358 e. The van der Waals surface area contributed by atoms with Crippen molar-refractivity contribution in [2.24, 2.45) is 0 Å². The molecule has 16 heteroatoms. The number of hydrogen-bond acceptors (Lipinski definition) is 6. The van der Waals surface area contributed by atoms with Crippen molar-refractivity contribution in [3.05, 3.63) is 119 Å². The first-order valence-electron chi connectivity index (χ1n) is 18.1. The average Bonchev–Trinajstić information content (AvgIpc) is 4.00. The second-order valence-corrected chi connectivity index (χ2v) is 20.4. The van der Waals surface area contributed by atoms with Crippen LogP contribution in [-0.2, 0) is 26.3 Å². The van der Waals surface area contributed by atoms with E-state index in [1.807, 2.05) is 24.3 Å². The van der Waals surface area contributed by atoms with E-state index in [1.165, 1.54) is 51.4 Å². The van der Waals surface area contributed by atoms with Crippen LogP contribution in [0.2, 0.25) is 0 Å². The van der Waals surface area contributed by atoms with Gasteiger partial charge in [0.05, 0.1) is 13.1 Å². The molecule has 0 spiro atoms. The maximum absolute atomic E-state index is 4.80. The minimum absolute atomic E-state index is 0. The van der Waals surface area contributed by atoms with Crippen LogP contribution >= 0.6 is 27.2 Å². The molecule has 2 aliphatic heterocycles. The number of pyridine rings is 2. The fourth-order valence-electron chi connectivity index (χ4n) is 5.41. The summed E-state index contributed by atoms with van der Waals surface area (Å²) in [5, 5.41) is 0. The van der Waals surface area contributed by atoms with Gasteiger partial charge in [-0.25, -0.2) is 14.1 Å². The van der Waals surface area contributed by atoms with Gasteiger partial charge in [-0.3, -0.25) is 0 Å².